The summed E-state index contributed by atoms with van der Waals surface area (Å²) in [5.41, 5.74) is 12.3. The van der Waals surface area contributed by atoms with Crippen LogP contribution in [-0.4, -0.2) is 29.1 Å². The Morgan fingerprint density at radius 2 is 0.780 bits per heavy atom. The van der Waals surface area contributed by atoms with Gasteiger partial charge in [-0.05, 0) is 72.8 Å². The Labute approximate surface area is 287 Å². The lowest BCUT2D eigenvalue weighted by Gasteiger charge is -2.10. The standard InChI is InChI=1S/C44H28N6/c1-3-13-41-33(7-1)35-23-25-46-28-44(35)50(41)32-21-17-30(18-22-32)38-10-6-12-40(48-38)39-11-5-9-37(47-39)29-15-19-31(20-16-29)49-42-14-4-2-8-34(42)36-27-45-26-24-43(36)49/h1-28H. The molecule has 10 aromatic rings. The van der Waals surface area contributed by atoms with Crippen LogP contribution in [-0.2, 0) is 0 Å². The fraction of sp³-hybridized carbons (Fsp3) is 0. The van der Waals surface area contributed by atoms with Gasteiger partial charge in [0.1, 0.15) is 0 Å². The fourth-order valence-corrected chi connectivity index (χ4v) is 7.23. The molecule has 6 heterocycles. The third-order valence-electron chi connectivity index (χ3n) is 9.55. The molecule has 10 rings (SSSR count). The van der Waals surface area contributed by atoms with E-state index in [1.807, 2.05) is 36.9 Å². The maximum absolute atomic E-state index is 5.06. The molecule has 0 saturated heterocycles. The predicted octanol–water partition coefficient (Wildman–Crippen LogP) is 10.5. The van der Waals surface area contributed by atoms with Gasteiger partial charge in [-0.2, -0.15) is 0 Å². The summed E-state index contributed by atoms with van der Waals surface area (Å²) >= 11 is 0. The van der Waals surface area contributed by atoms with Crippen LogP contribution in [0.3, 0.4) is 0 Å². The molecule has 0 amide bonds. The summed E-state index contributed by atoms with van der Waals surface area (Å²) in [7, 11) is 0. The molecular weight excluding hydrogens is 613 g/mol. The van der Waals surface area contributed by atoms with Gasteiger partial charge < -0.3 is 9.13 Å². The molecule has 6 nitrogen and oxygen atoms in total. The smallest absolute Gasteiger partial charge is 0.0893 e. The van der Waals surface area contributed by atoms with Gasteiger partial charge in [-0.1, -0.05) is 72.8 Å². The summed E-state index contributed by atoms with van der Waals surface area (Å²) in [6.45, 7) is 0. The minimum Gasteiger partial charge on any atom is -0.309 e. The highest BCUT2D eigenvalue weighted by molar-refractivity contribution is 6.09. The number of hydrogen-bond acceptors (Lipinski definition) is 4. The van der Waals surface area contributed by atoms with Crippen molar-refractivity contribution in [2.75, 3.05) is 0 Å². The van der Waals surface area contributed by atoms with E-state index < -0.39 is 0 Å². The Bertz CT molecular complexity index is 2560. The zero-order chi connectivity index (χ0) is 33.0. The summed E-state index contributed by atoms with van der Waals surface area (Å²) in [5.74, 6) is 0. The number of rotatable bonds is 5. The van der Waals surface area contributed by atoms with E-state index in [1.165, 1.54) is 16.2 Å². The molecule has 6 aromatic heterocycles. The van der Waals surface area contributed by atoms with Gasteiger partial charge in [-0.25, -0.2) is 9.97 Å². The van der Waals surface area contributed by atoms with Crippen LogP contribution < -0.4 is 0 Å². The molecule has 0 aliphatic rings. The van der Waals surface area contributed by atoms with Crippen LogP contribution in [0, 0.1) is 0 Å². The molecule has 234 valence electrons. The van der Waals surface area contributed by atoms with E-state index in [0.29, 0.717) is 0 Å². The van der Waals surface area contributed by atoms with Crippen LogP contribution in [0.15, 0.2) is 170 Å². The maximum Gasteiger partial charge on any atom is 0.0893 e. The minimum absolute atomic E-state index is 0.831. The lowest BCUT2D eigenvalue weighted by Crippen LogP contribution is -1.95. The van der Waals surface area contributed by atoms with Crippen molar-refractivity contribution in [2.45, 2.75) is 0 Å². The Kier molecular flexibility index (Phi) is 6.39. The molecular formula is C44H28N6. The first-order chi connectivity index (χ1) is 24.8. The van der Waals surface area contributed by atoms with Gasteiger partial charge in [0.05, 0.1) is 51.0 Å². The number of nitrogens with zero attached hydrogens (tertiary/aromatic N) is 6. The second-order valence-electron chi connectivity index (χ2n) is 12.4. The minimum atomic E-state index is 0.831. The Morgan fingerprint density at radius 1 is 0.320 bits per heavy atom. The lowest BCUT2D eigenvalue weighted by atomic mass is 10.1. The Balaban J connectivity index is 0.962. The third kappa shape index (κ3) is 4.50. The lowest BCUT2D eigenvalue weighted by molar-refractivity contribution is 1.16. The highest BCUT2D eigenvalue weighted by Gasteiger charge is 2.14. The average Bonchev–Trinajstić information content (AvgIpc) is 3.71. The maximum atomic E-state index is 5.06. The van der Waals surface area contributed by atoms with Crippen molar-refractivity contribution < 1.29 is 0 Å². The average molecular weight is 641 g/mol. The van der Waals surface area contributed by atoms with Gasteiger partial charge in [0.15, 0.2) is 0 Å². The first kappa shape index (κ1) is 28.1. The molecule has 50 heavy (non-hydrogen) atoms. The SMILES string of the molecule is c1cc(-c2ccc(-n3c4ccccc4c4cnccc43)cc2)nc(-c2cccc(-c3ccc(-n4c5ccccc5c5ccncc54)cc3)n2)c1. The number of para-hydroxylation sites is 2. The van der Waals surface area contributed by atoms with E-state index in [-0.39, 0.29) is 0 Å². The van der Waals surface area contributed by atoms with E-state index in [1.54, 1.807) is 0 Å². The van der Waals surface area contributed by atoms with Gasteiger partial charge in [0.25, 0.3) is 0 Å². The fourth-order valence-electron chi connectivity index (χ4n) is 7.23. The van der Waals surface area contributed by atoms with Crippen molar-refractivity contribution in [2.24, 2.45) is 0 Å². The molecule has 0 aliphatic carbocycles. The summed E-state index contributed by atoms with van der Waals surface area (Å²) in [5, 5.41) is 4.75. The van der Waals surface area contributed by atoms with Gasteiger partial charge in [-0.15, -0.1) is 0 Å². The summed E-state index contributed by atoms with van der Waals surface area (Å²) < 4.78 is 4.57. The van der Waals surface area contributed by atoms with E-state index in [9.17, 15) is 0 Å². The molecule has 0 unspecified atom stereocenters. The first-order valence-corrected chi connectivity index (χ1v) is 16.6. The summed E-state index contributed by atoms with van der Waals surface area (Å²) in [6, 6.07) is 50.6. The normalized spacial score (nSPS) is 11.6. The number of hydrogen-bond donors (Lipinski definition) is 0. The van der Waals surface area contributed by atoms with Crippen LogP contribution in [0.25, 0.3) is 88.9 Å². The van der Waals surface area contributed by atoms with Crippen LogP contribution in [0.4, 0.5) is 0 Å². The van der Waals surface area contributed by atoms with Crippen LogP contribution >= 0.6 is 0 Å². The number of pyridine rings is 4. The molecule has 0 fully saturated rings. The van der Waals surface area contributed by atoms with E-state index in [4.69, 9.17) is 9.97 Å². The Morgan fingerprint density at radius 3 is 1.40 bits per heavy atom. The van der Waals surface area contributed by atoms with Crippen molar-refractivity contribution in [1.29, 1.82) is 0 Å². The Hall–Kier alpha value is -6.92. The molecule has 0 atom stereocenters. The largest absolute Gasteiger partial charge is 0.309 e. The summed E-state index contributed by atoms with van der Waals surface area (Å²) in [6.07, 6.45) is 7.59. The third-order valence-corrected chi connectivity index (χ3v) is 9.55. The van der Waals surface area contributed by atoms with Gasteiger partial charge in [-0.3, -0.25) is 9.97 Å². The predicted molar refractivity (Wildman–Crippen MR) is 203 cm³/mol. The molecule has 6 heteroatoms. The quantitative estimate of drug-likeness (QED) is 0.188. The van der Waals surface area contributed by atoms with Gasteiger partial charge in [0, 0.05) is 62.6 Å². The number of aromatic nitrogens is 6. The van der Waals surface area contributed by atoms with E-state index in [2.05, 4.69) is 153 Å². The van der Waals surface area contributed by atoms with Crippen LogP contribution in [0.2, 0.25) is 0 Å². The second-order valence-corrected chi connectivity index (χ2v) is 12.4. The topological polar surface area (TPSA) is 61.4 Å². The van der Waals surface area contributed by atoms with Crippen LogP contribution in [0.1, 0.15) is 0 Å². The van der Waals surface area contributed by atoms with E-state index in [0.717, 1.165) is 72.7 Å². The van der Waals surface area contributed by atoms with Crippen molar-refractivity contribution in [3.8, 4) is 45.3 Å². The van der Waals surface area contributed by atoms with Crippen molar-refractivity contribution in [3.05, 3.63) is 170 Å². The van der Waals surface area contributed by atoms with Crippen molar-refractivity contribution in [3.63, 3.8) is 0 Å². The molecule has 0 bridgehead atoms. The zero-order valence-electron chi connectivity index (χ0n) is 26.8. The van der Waals surface area contributed by atoms with Crippen molar-refractivity contribution in [1.82, 2.24) is 29.1 Å². The monoisotopic (exact) mass is 640 g/mol. The van der Waals surface area contributed by atoms with Crippen molar-refractivity contribution >= 4 is 43.6 Å². The highest BCUT2D eigenvalue weighted by Crippen LogP contribution is 2.34. The molecule has 0 radical (unpaired) electrons. The summed E-state index contributed by atoms with van der Waals surface area (Å²) in [4.78, 5) is 18.9. The van der Waals surface area contributed by atoms with Gasteiger partial charge >= 0.3 is 0 Å². The number of fused-ring (bicyclic) bond motifs is 6. The molecule has 0 saturated carbocycles. The molecule has 0 aliphatic heterocycles. The molecule has 0 spiro atoms. The molecule has 0 N–H and O–H groups in total. The molecule has 4 aromatic carbocycles. The zero-order valence-corrected chi connectivity index (χ0v) is 26.8. The second kappa shape index (κ2) is 11.4. The highest BCUT2D eigenvalue weighted by atomic mass is 15.0. The van der Waals surface area contributed by atoms with Crippen LogP contribution in [0.5, 0.6) is 0 Å². The van der Waals surface area contributed by atoms with Gasteiger partial charge in [0.2, 0.25) is 0 Å². The number of benzene rings is 4. The van der Waals surface area contributed by atoms with E-state index >= 15 is 0 Å². The first-order valence-electron chi connectivity index (χ1n) is 16.6.